The van der Waals surface area contributed by atoms with Crippen LogP contribution in [0.25, 0.3) is 0 Å². The van der Waals surface area contributed by atoms with E-state index in [4.69, 9.17) is 0 Å². The van der Waals surface area contributed by atoms with Crippen LogP contribution >= 0.6 is 0 Å². The van der Waals surface area contributed by atoms with E-state index in [0.29, 0.717) is 5.56 Å². The Morgan fingerprint density at radius 3 is 2.11 bits per heavy atom. The molecule has 5 heteroatoms. The van der Waals surface area contributed by atoms with Gasteiger partial charge in [-0.1, -0.05) is 42.5 Å². The molecule has 0 bridgehead atoms. The van der Waals surface area contributed by atoms with Gasteiger partial charge in [0.2, 0.25) is 0 Å². The highest BCUT2D eigenvalue weighted by Gasteiger charge is 2.26. The first-order chi connectivity index (χ1) is 9.11. The molecular weight excluding hydrogens is 246 g/mol. The fourth-order valence-corrected chi connectivity index (χ4v) is 1.91. The zero-order valence-corrected chi connectivity index (χ0v) is 10.0. The lowest BCUT2D eigenvalue weighted by molar-refractivity contribution is -0.386. The van der Waals surface area contributed by atoms with E-state index in [1.54, 1.807) is 36.4 Å². The molecule has 2 atom stereocenters. The summed E-state index contributed by atoms with van der Waals surface area (Å²) < 4.78 is 0. The van der Waals surface area contributed by atoms with Gasteiger partial charge in [0.15, 0.2) is 0 Å². The lowest BCUT2D eigenvalue weighted by Crippen LogP contribution is -2.12. The second kappa shape index (κ2) is 5.60. The molecule has 0 spiro atoms. The number of nitro benzene ring substituents is 1. The first-order valence-corrected chi connectivity index (χ1v) is 5.75. The predicted octanol–water partition coefficient (Wildman–Crippen LogP) is 2.36. The zero-order valence-electron chi connectivity index (χ0n) is 10.0. The Hall–Kier alpha value is -2.24. The number of para-hydroxylation sites is 1. The second-order valence-electron chi connectivity index (χ2n) is 4.12. The van der Waals surface area contributed by atoms with Gasteiger partial charge in [-0.15, -0.1) is 0 Å². The maximum atomic E-state index is 10.9. The minimum Gasteiger partial charge on any atom is -0.385 e. The molecule has 19 heavy (non-hydrogen) atoms. The molecule has 0 saturated carbocycles. The summed E-state index contributed by atoms with van der Waals surface area (Å²) in [5.74, 6) is 0. The molecular formula is C14H13NO4. The smallest absolute Gasteiger partial charge is 0.275 e. The molecule has 2 aromatic rings. The molecule has 98 valence electrons. The SMILES string of the molecule is O=[N+]([O-])c1ccccc1C(O)C(O)c1ccccc1. The topological polar surface area (TPSA) is 83.6 Å². The van der Waals surface area contributed by atoms with Crippen molar-refractivity contribution in [1.29, 1.82) is 0 Å². The molecule has 2 N–H and O–H groups in total. The van der Waals surface area contributed by atoms with Crippen LogP contribution in [0, 0.1) is 10.1 Å². The van der Waals surface area contributed by atoms with Crippen molar-refractivity contribution in [2.24, 2.45) is 0 Å². The maximum absolute atomic E-state index is 10.9. The standard InChI is InChI=1S/C14H13NO4/c16-13(10-6-2-1-3-7-10)14(17)11-8-4-5-9-12(11)15(18)19/h1-9,13-14,16-17H. The lowest BCUT2D eigenvalue weighted by atomic mass is 9.97. The third-order valence-corrected chi connectivity index (χ3v) is 2.89. The molecule has 0 aliphatic rings. The molecule has 2 rings (SSSR count). The van der Waals surface area contributed by atoms with Crippen molar-refractivity contribution < 1.29 is 15.1 Å². The van der Waals surface area contributed by atoms with E-state index < -0.39 is 17.1 Å². The van der Waals surface area contributed by atoms with E-state index in [1.165, 1.54) is 18.2 Å². The highest BCUT2D eigenvalue weighted by Crippen LogP contribution is 2.33. The Morgan fingerprint density at radius 2 is 1.47 bits per heavy atom. The van der Waals surface area contributed by atoms with Crippen molar-refractivity contribution in [1.82, 2.24) is 0 Å². The van der Waals surface area contributed by atoms with Crippen LogP contribution in [-0.4, -0.2) is 15.1 Å². The van der Waals surface area contributed by atoms with Gasteiger partial charge in [-0.25, -0.2) is 0 Å². The molecule has 2 aromatic carbocycles. The highest BCUT2D eigenvalue weighted by molar-refractivity contribution is 5.42. The summed E-state index contributed by atoms with van der Waals surface area (Å²) in [6, 6.07) is 14.4. The highest BCUT2D eigenvalue weighted by atomic mass is 16.6. The molecule has 2 unspecified atom stereocenters. The number of aliphatic hydroxyl groups is 2. The number of aliphatic hydroxyl groups excluding tert-OH is 2. The van der Waals surface area contributed by atoms with E-state index in [-0.39, 0.29) is 11.3 Å². The molecule has 0 amide bonds. The van der Waals surface area contributed by atoms with Gasteiger partial charge in [0.1, 0.15) is 12.2 Å². The van der Waals surface area contributed by atoms with Gasteiger partial charge < -0.3 is 10.2 Å². The van der Waals surface area contributed by atoms with Gasteiger partial charge in [0.25, 0.3) is 5.69 Å². The Bertz CT molecular complexity index is 571. The molecule has 0 radical (unpaired) electrons. The van der Waals surface area contributed by atoms with Gasteiger partial charge in [0.05, 0.1) is 10.5 Å². The number of nitrogens with zero attached hydrogens (tertiary/aromatic N) is 1. The Morgan fingerprint density at radius 1 is 0.895 bits per heavy atom. The number of nitro groups is 1. The van der Waals surface area contributed by atoms with Crippen molar-refractivity contribution in [3.05, 3.63) is 75.8 Å². The Labute approximate surface area is 109 Å². The van der Waals surface area contributed by atoms with Crippen molar-refractivity contribution in [3.63, 3.8) is 0 Å². The minimum absolute atomic E-state index is 0.101. The maximum Gasteiger partial charge on any atom is 0.275 e. The van der Waals surface area contributed by atoms with Crippen LogP contribution < -0.4 is 0 Å². The van der Waals surface area contributed by atoms with Crippen LogP contribution in [0.5, 0.6) is 0 Å². The van der Waals surface area contributed by atoms with Gasteiger partial charge in [-0.3, -0.25) is 10.1 Å². The van der Waals surface area contributed by atoms with E-state index in [1.807, 2.05) is 0 Å². The average Bonchev–Trinajstić information content (AvgIpc) is 2.46. The summed E-state index contributed by atoms with van der Waals surface area (Å²) in [7, 11) is 0. The lowest BCUT2D eigenvalue weighted by Gasteiger charge is -2.18. The summed E-state index contributed by atoms with van der Waals surface area (Å²) in [5, 5.41) is 31.1. The van der Waals surface area contributed by atoms with Crippen LogP contribution in [0.15, 0.2) is 54.6 Å². The number of rotatable bonds is 4. The van der Waals surface area contributed by atoms with Crippen molar-refractivity contribution in [2.75, 3.05) is 0 Å². The normalized spacial score (nSPS) is 13.8. The summed E-state index contributed by atoms with van der Waals surface area (Å²) >= 11 is 0. The molecule has 0 aliphatic carbocycles. The van der Waals surface area contributed by atoms with Crippen LogP contribution in [0.4, 0.5) is 5.69 Å². The first kappa shape index (κ1) is 13.2. The molecule has 0 saturated heterocycles. The van der Waals surface area contributed by atoms with Gasteiger partial charge in [-0.05, 0) is 11.6 Å². The number of hydrogen-bond donors (Lipinski definition) is 2. The summed E-state index contributed by atoms with van der Waals surface area (Å²) in [6.45, 7) is 0. The molecule has 0 heterocycles. The van der Waals surface area contributed by atoms with E-state index >= 15 is 0 Å². The third-order valence-electron chi connectivity index (χ3n) is 2.89. The van der Waals surface area contributed by atoms with Crippen molar-refractivity contribution in [2.45, 2.75) is 12.2 Å². The van der Waals surface area contributed by atoms with Gasteiger partial charge >= 0.3 is 0 Å². The molecule has 5 nitrogen and oxygen atoms in total. The molecule has 0 aromatic heterocycles. The Kier molecular flexibility index (Phi) is 3.89. The van der Waals surface area contributed by atoms with Crippen LogP contribution in [-0.2, 0) is 0 Å². The summed E-state index contributed by atoms with van der Waals surface area (Å²) in [5.41, 5.74) is 0.405. The van der Waals surface area contributed by atoms with E-state index in [2.05, 4.69) is 0 Å². The van der Waals surface area contributed by atoms with Crippen LogP contribution in [0.1, 0.15) is 23.3 Å². The van der Waals surface area contributed by atoms with Crippen LogP contribution in [0.2, 0.25) is 0 Å². The van der Waals surface area contributed by atoms with Gasteiger partial charge in [-0.2, -0.15) is 0 Å². The summed E-state index contributed by atoms with van der Waals surface area (Å²) in [6.07, 6.45) is -2.55. The average molecular weight is 259 g/mol. The number of hydrogen-bond acceptors (Lipinski definition) is 4. The fourth-order valence-electron chi connectivity index (χ4n) is 1.91. The van der Waals surface area contributed by atoms with E-state index in [9.17, 15) is 20.3 Å². The molecule has 0 aliphatic heterocycles. The molecule has 0 fully saturated rings. The third kappa shape index (κ3) is 2.78. The first-order valence-electron chi connectivity index (χ1n) is 5.75. The largest absolute Gasteiger partial charge is 0.385 e. The predicted molar refractivity (Wildman–Crippen MR) is 69.5 cm³/mol. The van der Waals surface area contributed by atoms with Crippen molar-refractivity contribution >= 4 is 5.69 Å². The van der Waals surface area contributed by atoms with Gasteiger partial charge in [0, 0.05) is 6.07 Å². The minimum atomic E-state index is -1.34. The fraction of sp³-hybridized carbons (Fsp3) is 0.143. The van der Waals surface area contributed by atoms with Crippen LogP contribution in [0.3, 0.4) is 0 Å². The Balaban J connectivity index is 2.34. The number of benzene rings is 2. The quantitative estimate of drug-likeness (QED) is 0.652. The zero-order chi connectivity index (χ0) is 13.8. The van der Waals surface area contributed by atoms with E-state index in [0.717, 1.165) is 0 Å². The monoisotopic (exact) mass is 259 g/mol. The van der Waals surface area contributed by atoms with Crippen molar-refractivity contribution in [3.8, 4) is 0 Å². The second-order valence-corrected chi connectivity index (χ2v) is 4.12. The summed E-state index contributed by atoms with van der Waals surface area (Å²) in [4.78, 5) is 10.3.